The van der Waals surface area contributed by atoms with Crippen LogP contribution in [-0.2, 0) is 4.74 Å². The van der Waals surface area contributed by atoms with E-state index in [4.69, 9.17) is 4.74 Å². The number of morpholine rings is 1. The van der Waals surface area contributed by atoms with Crippen molar-refractivity contribution >= 4 is 17.6 Å². The van der Waals surface area contributed by atoms with Crippen molar-refractivity contribution in [2.45, 2.75) is 0 Å². The normalized spacial score (nSPS) is 14.2. The highest BCUT2D eigenvalue weighted by Crippen LogP contribution is 2.16. The van der Waals surface area contributed by atoms with Gasteiger partial charge in [0, 0.05) is 29.9 Å². The number of nitrogens with zero attached hydrogens (tertiary/aromatic N) is 3. The van der Waals surface area contributed by atoms with Gasteiger partial charge in [-0.15, -0.1) is 5.10 Å². The van der Waals surface area contributed by atoms with E-state index in [0.29, 0.717) is 0 Å². The molecule has 1 heterocycles. The number of ether oxygens (including phenoxy) is 1. The highest BCUT2D eigenvalue weighted by molar-refractivity contribution is 6.12. The van der Waals surface area contributed by atoms with Gasteiger partial charge in [-0.3, -0.25) is 0 Å². The first-order valence-corrected chi connectivity index (χ1v) is 9.55. The van der Waals surface area contributed by atoms with Crippen LogP contribution >= 0.6 is 0 Å². The summed E-state index contributed by atoms with van der Waals surface area (Å²) in [5, 5.41) is 8.90. The molecule has 3 aromatic carbocycles. The van der Waals surface area contributed by atoms with Crippen LogP contribution in [0, 0.1) is 0 Å². The summed E-state index contributed by atoms with van der Waals surface area (Å²) in [5.74, 6) is 0. The average molecular weight is 369 g/mol. The predicted molar refractivity (Wildman–Crippen MR) is 116 cm³/mol. The van der Waals surface area contributed by atoms with Gasteiger partial charge in [-0.1, -0.05) is 72.8 Å². The Morgan fingerprint density at radius 1 is 0.750 bits per heavy atom. The molecule has 0 atom stereocenters. The standard InChI is InChI=1S/C24H23N3O/c1-3-7-21(8-4-1)24(22-9-5-2-6-10-22)26-25-19-20-11-13-23(14-12-20)27-15-17-28-18-16-27/h1-14,19H,15-18H2/b25-19-. The molecule has 0 saturated carbocycles. The van der Waals surface area contributed by atoms with Crippen LogP contribution in [0.2, 0.25) is 0 Å². The van der Waals surface area contributed by atoms with Gasteiger partial charge in [-0.05, 0) is 17.7 Å². The molecule has 4 heteroatoms. The van der Waals surface area contributed by atoms with Crippen LogP contribution in [-0.4, -0.2) is 38.2 Å². The smallest absolute Gasteiger partial charge is 0.100 e. The van der Waals surface area contributed by atoms with E-state index in [0.717, 1.165) is 48.7 Å². The second-order valence-electron chi connectivity index (χ2n) is 6.62. The van der Waals surface area contributed by atoms with E-state index in [-0.39, 0.29) is 0 Å². The summed E-state index contributed by atoms with van der Waals surface area (Å²) in [6.45, 7) is 3.46. The van der Waals surface area contributed by atoms with Crippen LogP contribution in [0.1, 0.15) is 16.7 Å². The molecule has 0 N–H and O–H groups in total. The first-order valence-electron chi connectivity index (χ1n) is 9.55. The van der Waals surface area contributed by atoms with Gasteiger partial charge >= 0.3 is 0 Å². The molecule has 0 aliphatic carbocycles. The van der Waals surface area contributed by atoms with Crippen molar-refractivity contribution in [1.29, 1.82) is 0 Å². The van der Waals surface area contributed by atoms with Crippen molar-refractivity contribution in [1.82, 2.24) is 0 Å². The Morgan fingerprint density at radius 3 is 1.89 bits per heavy atom. The molecule has 1 aliphatic rings. The Balaban J connectivity index is 1.54. The van der Waals surface area contributed by atoms with Crippen molar-refractivity contribution in [3.8, 4) is 0 Å². The van der Waals surface area contributed by atoms with E-state index in [1.807, 2.05) is 36.4 Å². The van der Waals surface area contributed by atoms with Crippen LogP contribution < -0.4 is 4.90 Å². The number of benzene rings is 3. The lowest BCUT2D eigenvalue weighted by atomic mass is 10.0. The summed E-state index contributed by atoms with van der Waals surface area (Å²) in [7, 11) is 0. The third-order valence-electron chi connectivity index (χ3n) is 4.73. The maximum atomic E-state index is 5.42. The lowest BCUT2D eigenvalue weighted by Crippen LogP contribution is -2.36. The van der Waals surface area contributed by atoms with Crippen molar-refractivity contribution in [2.24, 2.45) is 10.2 Å². The molecular weight excluding hydrogens is 346 g/mol. The maximum absolute atomic E-state index is 5.42. The molecular formula is C24H23N3O. The van der Waals surface area contributed by atoms with Gasteiger partial charge in [0.2, 0.25) is 0 Å². The molecule has 28 heavy (non-hydrogen) atoms. The van der Waals surface area contributed by atoms with Crippen LogP contribution in [0.4, 0.5) is 5.69 Å². The zero-order chi connectivity index (χ0) is 19.0. The molecule has 0 radical (unpaired) electrons. The SMILES string of the molecule is C(=N/N=C(c1ccccc1)c1ccccc1)/c1ccc(N2CCOCC2)cc1. The fourth-order valence-corrected chi connectivity index (χ4v) is 3.22. The van der Waals surface area contributed by atoms with Crippen LogP contribution in [0.25, 0.3) is 0 Å². The van der Waals surface area contributed by atoms with Gasteiger partial charge in [-0.2, -0.15) is 5.10 Å². The zero-order valence-electron chi connectivity index (χ0n) is 15.7. The molecule has 4 rings (SSSR count). The minimum atomic E-state index is 0.791. The number of hydrogen-bond donors (Lipinski definition) is 0. The summed E-state index contributed by atoms with van der Waals surface area (Å²) >= 11 is 0. The number of hydrogen-bond acceptors (Lipinski definition) is 4. The largest absolute Gasteiger partial charge is 0.378 e. The topological polar surface area (TPSA) is 37.2 Å². The van der Waals surface area contributed by atoms with Crippen LogP contribution in [0.3, 0.4) is 0 Å². The monoisotopic (exact) mass is 369 g/mol. The third kappa shape index (κ3) is 4.53. The van der Waals surface area contributed by atoms with E-state index in [1.165, 1.54) is 5.69 Å². The molecule has 3 aromatic rings. The minimum absolute atomic E-state index is 0.791. The van der Waals surface area contributed by atoms with Gasteiger partial charge in [0.15, 0.2) is 0 Å². The van der Waals surface area contributed by atoms with E-state index in [2.05, 4.69) is 63.6 Å². The molecule has 4 nitrogen and oxygen atoms in total. The van der Waals surface area contributed by atoms with Crippen molar-refractivity contribution < 1.29 is 4.74 Å². The van der Waals surface area contributed by atoms with Crippen molar-refractivity contribution in [3.05, 3.63) is 102 Å². The summed E-state index contributed by atoms with van der Waals surface area (Å²) in [4.78, 5) is 2.34. The van der Waals surface area contributed by atoms with E-state index in [1.54, 1.807) is 6.21 Å². The summed E-state index contributed by atoms with van der Waals surface area (Å²) in [6.07, 6.45) is 1.80. The lowest BCUT2D eigenvalue weighted by molar-refractivity contribution is 0.122. The van der Waals surface area contributed by atoms with Gasteiger partial charge in [0.1, 0.15) is 5.71 Å². The summed E-state index contributed by atoms with van der Waals surface area (Å²) < 4.78 is 5.42. The number of anilines is 1. The second kappa shape index (κ2) is 9.11. The van der Waals surface area contributed by atoms with Gasteiger partial charge in [0.05, 0.1) is 19.4 Å². The molecule has 1 aliphatic heterocycles. The Kier molecular flexibility index (Phi) is 5.90. The molecule has 0 spiro atoms. The first kappa shape index (κ1) is 18.1. The number of rotatable bonds is 5. The fraction of sp³-hybridized carbons (Fsp3) is 0.167. The lowest BCUT2D eigenvalue weighted by Gasteiger charge is -2.28. The molecule has 0 aromatic heterocycles. The third-order valence-corrected chi connectivity index (χ3v) is 4.73. The van der Waals surface area contributed by atoms with Crippen LogP contribution in [0.5, 0.6) is 0 Å². The second-order valence-corrected chi connectivity index (χ2v) is 6.62. The fourth-order valence-electron chi connectivity index (χ4n) is 3.22. The predicted octanol–water partition coefficient (Wildman–Crippen LogP) is 4.39. The molecule has 0 amide bonds. The average Bonchev–Trinajstić information content (AvgIpc) is 2.79. The Morgan fingerprint density at radius 2 is 1.32 bits per heavy atom. The van der Waals surface area contributed by atoms with E-state index < -0.39 is 0 Å². The Labute approximate surface area is 165 Å². The first-order chi connectivity index (χ1) is 13.9. The molecule has 140 valence electrons. The highest BCUT2D eigenvalue weighted by atomic mass is 16.5. The quantitative estimate of drug-likeness (QED) is 0.494. The van der Waals surface area contributed by atoms with Crippen molar-refractivity contribution in [2.75, 3.05) is 31.2 Å². The summed E-state index contributed by atoms with van der Waals surface area (Å²) in [6, 6.07) is 28.7. The molecule has 0 bridgehead atoms. The highest BCUT2D eigenvalue weighted by Gasteiger charge is 2.10. The molecule has 1 saturated heterocycles. The van der Waals surface area contributed by atoms with E-state index >= 15 is 0 Å². The Hall–Kier alpha value is -3.24. The van der Waals surface area contributed by atoms with Gasteiger partial charge in [0.25, 0.3) is 0 Å². The van der Waals surface area contributed by atoms with E-state index in [9.17, 15) is 0 Å². The molecule has 0 unspecified atom stereocenters. The maximum Gasteiger partial charge on any atom is 0.100 e. The minimum Gasteiger partial charge on any atom is -0.378 e. The van der Waals surface area contributed by atoms with Crippen molar-refractivity contribution in [3.63, 3.8) is 0 Å². The molecule has 1 fully saturated rings. The zero-order valence-corrected chi connectivity index (χ0v) is 15.7. The van der Waals surface area contributed by atoms with Gasteiger partial charge < -0.3 is 9.64 Å². The Bertz CT molecular complexity index is 887. The van der Waals surface area contributed by atoms with Crippen LogP contribution in [0.15, 0.2) is 95.1 Å². The van der Waals surface area contributed by atoms with Gasteiger partial charge in [-0.25, -0.2) is 0 Å². The summed E-state index contributed by atoms with van der Waals surface area (Å²) in [5.41, 5.74) is 5.21.